The van der Waals surface area contributed by atoms with Gasteiger partial charge in [-0.05, 0) is 33.3 Å². The molecule has 0 atom stereocenters. The van der Waals surface area contributed by atoms with Gasteiger partial charge in [-0.25, -0.2) is 0 Å². The molecule has 1 heteroatoms. The highest BCUT2D eigenvalue weighted by Crippen LogP contribution is 1.98. The Bertz CT molecular complexity index is 171. The van der Waals surface area contributed by atoms with Gasteiger partial charge in [-0.1, -0.05) is 17.7 Å². The summed E-state index contributed by atoms with van der Waals surface area (Å²) < 4.78 is 0. The molecule has 0 bridgehead atoms. The van der Waals surface area contributed by atoms with E-state index in [0.29, 0.717) is 6.42 Å². The van der Waals surface area contributed by atoms with Crippen LogP contribution in [0.25, 0.3) is 0 Å². The Morgan fingerprint density at radius 3 is 2.45 bits per heavy atom. The molecule has 0 aliphatic carbocycles. The molecule has 1 nitrogen and oxygen atoms in total. The second kappa shape index (κ2) is 5.90. The molecule has 0 fully saturated rings. The number of carbonyl (C=O) groups excluding carboxylic acids is 1. The highest BCUT2D eigenvalue weighted by Gasteiger charge is 1.92. The molecule has 0 aromatic carbocycles. The van der Waals surface area contributed by atoms with Gasteiger partial charge in [0.25, 0.3) is 0 Å². The quantitative estimate of drug-likeness (QED) is 0.447. The molecule has 0 N–H and O–H groups in total. The van der Waals surface area contributed by atoms with E-state index in [0.717, 1.165) is 6.42 Å². The van der Waals surface area contributed by atoms with E-state index in [9.17, 15) is 4.79 Å². The van der Waals surface area contributed by atoms with E-state index in [4.69, 9.17) is 0 Å². The number of rotatable bonds is 4. The van der Waals surface area contributed by atoms with Gasteiger partial charge in [0.1, 0.15) is 0 Å². The van der Waals surface area contributed by atoms with Crippen molar-refractivity contribution in [2.75, 3.05) is 0 Å². The van der Waals surface area contributed by atoms with Crippen molar-refractivity contribution in [3.63, 3.8) is 0 Å². The topological polar surface area (TPSA) is 17.1 Å². The molecule has 0 unspecified atom stereocenters. The van der Waals surface area contributed by atoms with E-state index in [1.54, 1.807) is 12.2 Å². The molecule has 62 valence electrons. The third-order valence-electron chi connectivity index (χ3n) is 1.30. The van der Waals surface area contributed by atoms with Crippen molar-refractivity contribution in [2.24, 2.45) is 0 Å². The van der Waals surface area contributed by atoms with Gasteiger partial charge in [0.2, 0.25) is 0 Å². The van der Waals surface area contributed by atoms with Crippen LogP contribution in [0.3, 0.4) is 0 Å². The maximum atomic E-state index is 10.9. The zero-order valence-electron chi connectivity index (χ0n) is 7.55. The summed E-state index contributed by atoms with van der Waals surface area (Å²) in [7, 11) is 0. The van der Waals surface area contributed by atoms with Crippen molar-refractivity contribution in [2.45, 2.75) is 33.6 Å². The van der Waals surface area contributed by atoms with E-state index in [2.05, 4.69) is 6.08 Å². The van der Waals surface area contributed by atoms with E-state index >= 15 is 0 Å². The van der Waals surface area contributed by atoms with Crippen LogP contribution in [0.15, 0.2) is 23.8 Å². The van der Waals surface area contributed by atoms with E-state index < -0.39 is 0 Å². The summed E-state index contributed by atoms with van der Waals surface area (Å²) in [6.07, 6.45) is 6.99. The molecule has 0 saturated heterocycles. The Labute approximate surface area is 68.8 Å². The number of carbonyl (C=O) groups is 1. The number of ketones is 1. The Kier molecular flexibility index (Phi) is 5.44. The van der Waals surface area contributed by atoms with Gasteiger partial charge < -0.3 is 0 Å². The molecule has 0 heterocycles. The molecule has 0 aromatic rings. The van der Waals surface area contributed by atoms with Crippen molar-refractivity contribution in [1.29, 1.82) is 0 Å². The zero-order valence-corrected chi connectivity index (χ0v) is 7.55. The Balaban J connectivity index is 3.55. The third kappa shape index (κ3) is 7.04. The molecule has 0 aromatic heterocycles. The largest absolute Gasteiger partial charge is 0.295 e. The van der Waals surface area contributed by atoms with Crippen molar-refractivity contribution in [3.05, 3.63) is 23.8 Å². The minimum absolute atomic E-state index is 0.213. The lowest BCUT2D eigenvalue weighted by Gasteiger charge is -1.90. The highest BCUT2D eigenvalue weighted by atomic mass is 16.1. The lowest BCUT2D eigenvalue weighted by atomic mass is 10.2. The van der Waals surface area contributed by atoms with Gasteiger partial charge in [-0.2, -0.15) is 0 Å². The maximum Gasteiger partial charge on any atom is 0.155 e. The zero-order chi connectivity index (χ0) is 8.69. The highest BCUT2D eigenvalue weighted by molar-refractivity contribution is 5.89. The molecule has 0 radical (unpaired) electrons. The first-order chi connectivity index (χ1) is 5.16. The van der Waals surface area contributed by atoms with Crippen molar-refractivity contribution >= 4 is 5.78 Å². The van der Waals surface area contributed by atoms with E-state index in [-0.39, 0.29) is 5.78 Å². The predicted octanol–water partition coefficient (Wildman–Crippen LogP) is 2.88. The number of hydrogen-bond acceptors (Lipinski definition) is 1. The first-order valence-corrected chi connectivity index (χ1v) is 3.95. The molecule has 0 amide bonds. The molecular formula is C10H16O. The Morgan fingerprint density at radius 1 is 1.36 bits per heavy atom. The van der Waals surface area contributed by atoms with E-state index in [1.807, 2.05) is 20.8 Å². The summed E-state index contributed by atoms with van der Waals surface area (Å²) in [5.41, 5.74) is 1.28. The standard InChI is InChI=1S/C10H16O/c1-4-6-10(11)8-5-7-9(2)3/h4,6-7H,5,8H2,1-3H3. The average Bonchev–Trinajstić information content (AvgIpc) is 1.87. The van der Waals surface area contributed by atoms with Crippen LogP contribution in [0.2, 0.25) is 0 Å². The minimum Gasteiger partial charge on any atom is -0.295 e. The van der Waals surface area contributed by atoms with Crippen LogP contribution in [-0.4, -0.2) is 5.78 Å². The minimum atomic E-state index is 0.213. The summed E-state index contributed by atoms with van der Waals surface area (Å²) in [6.45, 7) is 5.94. The van der Waals surface area contributed by atoms with Gasteiger partial charge in [0.05, 0.1) is 0 Å². The smallest absolute Gasteiger partial charge is 0.155 e. The van der Waals surface area contributed by atoms with Crippen LogP contribution < -0.4 is 0 Å². The van der Waals surface area contributed by atoms with Crippen LogP contribution in [0.5, 0.6) is 0 Å². The summed E-state index contributed by atoms with van der Waals surface area (Å²) in [6, 6.07) is 0. The molecule has 0 spiro atoms. The molecule has 0 aliphatic rings. The fraction of sp³-hybridized carbons (Fsp3) is 0.500. The summed E-state index contributed by atoms with van der Waals surface area (Å²) >= 11 is 0. The SMILES string of the molecule is CC=CC(=O)CCC=C(C)C. The normalized spacial score (nSPS) is 10.1. The molecule has 0 aliphatic heterocycles. The van der Waals surface area contributed by atoms with Crippen LogP contribution in [0.4, 0.5) is 0 Å². The van der Waals surface area contributed by atoms with Crippen LogP contribution in [0, 0.1) is 0 Å². The van der Waals surface area contributed by atoms with Gasteiger partial charge in [0, 0.05) is 6.42 Å². The van der Waals surface area contributed by atoms with Gasteiger partial charge in [-0.15, -0.1) is 0 Å². The van der Waals surface area contributed by atoms with Crippen LogP contribution in [0.1, 0.15) is 33.6 Å². The second-order valence-electron chi connectivity index (χ2n) is 2.79. The summed E-state index contributed by atoms with van der Waals surface area (Å²) in [5.74, 6) is 0.213. The second-order valence-corrected chi connectivity index (χ2v) is 2.79. The lowest BCUT2D eigenvalue weighted by Crippen LogP contribution is -1.89. The van der Waals surface area contributed by atoms with Gasteiger partial charge in [0.15, 0.2) is 5.78 Å². The van der Waals surface area contributed by atoms with Crippen molar-refractivity contribution < 1.29 is 4.79 Å². The van der Waals surface area contributed by atoms with E-state index in [1.165, 1.54) is 5.57 Å². The lowest BCUT2D eigenvalue weighted by molar-refractivity contribution is -0.114. The number of allylic oxidation sites excluding steroid dienone is 4. The molecule has 0 saturated carbocycles. The number of hydrogen-bond donors (Lipinski definition) is 0. The maximum absolute atomic E-state index is 10.9. The van der Waals surface area contributed by atoms with Crippen LogP contribution in [-0.2, 0) is 4.79 Å². The van der Waals surface area contributed by atoms with Crippen LogP contribution >= 0.6 is 0 Å². The average molecular weight is 152 g/mol. The fourth-order valence-corrected chi connectivity index (χ4v) is 0.772. The third-order valence-corrected chi connectivity index (χ3v) is 1.30. The summed E-state index contributed by atoms with van der Waals surface area (Å²) in [4.78, 5) is 10.9. The summed E-state index contributed by atoms with van der Waals surface area (Å²) in [5, 5.41) is 0. The Morgan fingerprint density at radius 2 is 2.00 bits per heavy atom. The first-order valence-electron chi connectivity index (χ1n) is 3.95. The monoisotopic (exact) mass is 152 g/mol. The molecular weight excluding hydrogens is 136 g/mol. The molecule has 11 heavy (non-hydrogen) atoms. The fourth-order valence-electron chi connectivity index (χ4n) is 0.772. The first kappa shape index (κ1) is 10.2. The van der Waals surface area contributed by atoms with Crippen molar-refractivity contribution in [3.8, 4) is 0 Å². The van der Waals surface area contributed by atoms with Gasteiger partial charge in [-0.3, -0.25) is 4.79 Å². The molecule has 0 rings (SSSR count). The Hall–Kier alpha value is -0.850. The predicted molar refractivity (Wildman–Crippen MR) is 48.5 cm³/mol. The van der Waals surface area contributed by atoms with Gasteiger partial charge >= 0.3 is 0 Å². The van der Waals surface area contributed by atoms with Crippen molar-refractivity contribution in [1.82, 2.24) is 0 Å².